The van der Waals surface area contributed by atoms with Gasteiger partial charge in [-0.1, -0.05) is 37.3 Å². The zero-order chi connectivity index (χ0) is 11.3. The lowest BCUT2D eigenvalue weighted by molar-refractivity contribution is -0.118. The molecule has 3 heteroatoms. The lowest BCUT2D eigenvalue weighted by Gasteiger charge is -2.08. The molecule has 2 N–H and O–H groups in total. The monoisotopic (exact) mass is 205 g/mol. The molecule has 0 fully saturated rings. The zero-order valence-electron chi connectivity index (χ0n) is 8.77. The average Bonchev–Trinajstić information content (AvgIpc) is 2.26. The van der Waals surface area contributed by atoms with Crippen molar-refractivity contribution in [1.82, 2.24) is 0 Å². The predicted octanol–water partition coefficient (Wildman–Crippen LogP) is 1.77. The van der Waals surface area contributed by atoms with Gasteiger partial charge < -0.3 is 5.73 Å². The maximum Gasteiger partial charge on any atom is 0.217 e. The Kier molecular flexibility index (Phi) is 4.03. The van der Waals surface area contributed by atoms with Crippen LogP contribution in [0.1, 0.15) is 30.1 Å². The van der Waals surface area contributed by atoms with Gasteiger partial charge in [-0.05, 0) is 6.42 Å². The molecular weight excluding hydrogens is 190 g/mol. The molecule has 1 atom stereocenters. The van der Waals surface area contributed by atoms with Crippen LogP contribution in [0.4, 0.5) is 0 Å². The van der Waals surface area contributed by atoms with E-state index in [2.05, 4.69) is 0 Å². The minimum atomic E-state index is -0.359. The van der Waals surface area contributed by atoms with Gasteiger partial charge in [-0.3, -0.25) is 9.59 Å². The Balaban J connectivity index is 2.57. The molecule has 0 heterocycles. The molecule has 15 heavy (non-hydrogen) atoms. The minimum absolute atomic E-state index is 0.0665. The van der Waals surface area contributed by atoms with Crippen molar-refractivity contribution in [3.8, 4) is 0 Å². The third-order valence-electron chi connectivity index (χ3n) is 2.33. The molecule has 1 aromatic carbocycles. The average molecular weight is 205 g/mol. The Morgan fingerprint density at radius 2 is 1.87 bits per heavy atom. The predicted molar refractivity (Wildman–Crippen MR) is 58.4 cm³/mol. The van der Waals surface area contributed by atoms with Gasteiger partial charge in [0.15, 0.2) is 5.78 Å². The highest BCUT2D eigenvalue weighted by Gasteiger charge is 2.15. The zero-order valence-corrected chi connectivity index (χ0v) is 8.77. The molecular formula is C12H15NO2. The highest BCUT2D eigenvalue weighted by Crippen LogP contribution is 2.13. The molecule has 0 unspecified atom stereocenters. The third kappa shape index (κ3) is 3.54. The summed E-state index contributed by atoms with van der Waals surface area (Å²) in [7, 11) is 0. The van der Waals surface area contributed by atoms with Crippen molar-refractivity contribution in [1.29, 1.82) is 0 Å². The lowest BCUT2D eigenvalue weighted by Crippen LogP contribution is -2.16. The van der Waals surface area contributed by atoms with E-state index >= 15 is 0 Å². The fraction of sp³-hybridized carbons (Fsp3) is 0.333. The molecule has 1 rings (SSSR count). The van der Waals surface area contributed by atoms with E-state index in [0.717, 1.165) is 0 Å². The summed E-state index contributed by atoms with van der Waals surface area (Å²) in [5.74, 6) is -0.445. The van der Waals surface area contributed by atoms with Crippen LogP contribution in [0, 0.1) is 5.92 Å². The molecule has 0 aliphatic rings. The number of hydrogen-bond acceptors (Lipinski definition) is 2. The number of hydrogen-bond donors (Lipinski definition) is 1. The second-order valence-electron chi connectivity index (χ2n) is 3.64. The van der Waals surface area contributed by atoms with Gasteiger partial charge in [0.1, 0.15) is 0 Å². The molecule has 0 aliphatic heterocycles. The van der Waals surface area contributed by atoms with E-state index in [1.54, 1.807) is 12.1 Å². The molecule has 0 aliphatic carbocycles. The van der Waals surface area contributed by atoms with E-state index in [1.165, 1.54) is 0 Å². The number of carbonyl (C=O) groups excluding carboxylic acids is 2. The van der Waals surface area contributed by atoms with Crippen molar-refractivity contribution >= 4 is 11.7 Å². The van der Waals surface area contributed by atoms with E-state index < -0.39 is 0 Å². The van der Waals surface area contributed by atoms with Crippen molar-refractivity contribution in [2.45, 2.75) is 19.8 Å². The van der Waals surface area contributed by atoms with Crippen LogP contribution in [0.25, 0.3) is 0 Å². The summed E-state index contributed by atoms with van der Waals surface area (Å²) in [5, 5.41) is 0. The summed E-state index contributed by atoms with van der Waals surface area (Å²) in [5.41, 5.74) is 5.72. The van der Waals surface area contributed by atoms with Crippen LogP contribution >= 0.6 is 0 Å². The van der Waals surface area contributed by atoms with E-state index in [4.69, 9.17) is 5.73 Å². The first kappa shape index (κ1) is 11.4. The molecule has 0 saturated heterocycles. The highest BCUT2D eigenvalue weighted by molar-refractivity contribution is 5.97. The Labute approximate surface area is 89.3 Å². The smallest absolute Gasteiger partial charge is 0.217 e. The Morgan fingerprint density at radius 1 is 1.27 bits per heavy atom. The maximum absolute atomic E-state index is 11.8. The number of primary amides is 1. The second-order valence-corrected chi connectivity index (χ2v) is 3.64. The first-order valence-corrected chi connectivity index (χ1v) is 4.99. The molecule has 1 amide bonds. The van der Waals surface area contributed by atoms with Gasteiger partial charge in [-0.2, -0.15) is 0 Å². The summed E-state index contributed by atoms with van der Waals surface area (Å²) in [6.45, 7) is 1.82. The van der Waals surface area contributed by atoms with E-state index in [0.29, 0.717) is 12.0 Å². The number of rotatable bonds is 5. The van der Waals surface area contributed by atoms with Crippen molar-refractivity contribution in [3.05, 3.63) is 35.9 Å². The van der Waals surface area contributed by atoms with Crippen molar-refractivity contribution in [3.63, 3.8) is 0 Å². The molecule has 0 saturated carbocycles. The lowest BCUT2D eigenvalue weighted by atomic mass is 9.95. The Hall–Kier alpha value is -1.64. The fourth-order valence-corrected chi connectivity index (χ4v) is 1.38. The van der Waals surface area contributed by atoms with Gasteiger partial charge in [0.25, 0.3) is 0 Å². The first-order chi connectivity index (χ1) is 7.11. The van der Waals surface area contributed by atoms with Crippen LogP contribution in [-0.4, -0.2) is 11.7 Å². The van der Waals surface area contributed by atoms with Crippen molar-refractivity contribution in [2.24, 2.45) is 11.7 Å². The fourth-order valence-electron chi connectivity index (χ4n) is 1.38. The molecule has 3 nitrogen and oxygen atoms in total. The molecule has 0 bridgehead atoms. The van der Waals surface area contributed by atoms with Gasteiger partial charge in [0.05, 0.1) is 0 Å². The Bertz CT molecular complexity index is 346. The van der Waals surface area contributed by atoms with Crippen molar-refractivity contribution in [2.75, 3.05) is 0 Å². The van der Waals surface area contributed by atoms with Crippen LogP contribution in [0.3, 0.4) is 0 Å². The number of ketones is 1. The van der Waals surface area contributed by atoms with E-state index in [-0.39, 0.29) is 24.0 Å². The Morgan fingerprint density at radius 3 is 2.40 bits per heavy atom. The highest BCUT2D eigenvalue weighted by atomic mass is 16.1. The molecule has 80 valence electrons. The van der Waals surface area contributed by atoms with E-state index in [9.17, 15) is 9.59 Å². The molecule has 0 aromatic heterocycles. The van der Waals surface area contributed by atoms with Crippen LogP contribution in [0.15, 0.2) is 30.3 Å². The summed E-state index contributed by atoms with van der Waals surface area (Å²) >= 11 is 0. The van der Waals surface area contributed by atoms with Gasteiger partial charge in [0.2, 0.25) is 5.91 Å². The van der Waals surface area contributed by atoms with Gasteiger partial charge >= 0.3 is 0 Å². The second kappa shape index (κ2) is 5.29. The van der Waals surface area contributed by atoms with E-state index in [1.807, 2.05) is 25.1 Å². The number of carbonyl (C=O) groups is 2. The number of nitrogens with two attached hydrogens (primary N) is 1. The topological polar surface area (TPSA) is 60.2 Å². The largest absolute Gasteiger partial charge is 0.370 e. The van der Waals surface area contributed by atoms with Crippen LogP contribution < -0.4 is 5.73 Å². The van der Waals surface area contributed by atoms with Gasteiger partial charge in [-0.25, -0.2) is 0 Å². The minimum Gasteiger partial charge on any atom is -0.370 e. The summed E-state index contributed by atoms with van der Waals surface area (Å²) in [6.07, 6.45) is 0.781. The van der Waals surface area contributed by atoms with Crippen LogP contribution in [0.5, 0.6) is 0 Å². The van der Waals surface area contributed by atoms with Crippen molar-refractivity contribution < 1.29 is 9.59 Å². The normalized spacial score (nSPS) is 12.1. The number of benzene rings is 1. The standard InChI is InChI=1S/C12H15NO2/c1-9(7-8-11(13)14)12(15)10-5-3-2-4-6-10/h2-6,9H,7-8H2,1H3,(H2,13,14)/t9-/m1/s1. The maximum atomic E-state index is 11.8. The molecule has 1 aromatic rings. The number of amides is 1. The van der Waals surface area contributed by atoms with Gasteiger partial charge in [0, 0.05) is 17.9 Å². The molecule has 0 radical (unpaired) electrons. The van der Waals surface area contributed by atoms with Crippen LogP contribution in [-0.2, 0) is 4.79 Å². The summed E-state index contributed by atoms with van der Waals surface area (Å²) < 4.78 is 0. The molecule has 0 spiro atoms. The SMILES string of the molecule is C[C@H](CCC(N)=O)C(=O)c1ccccc1. The van der Waals surface area contributed by atoms with Crippen LogP contribution in [0.2, 0.25) is 0 Å². The summed E-state index contributed by atoms with van der Waals surface area (Å²) in [6, 6.07) is 9.08. The number of Topliss-reactive ketones (excluding diaryl/α,β-unsaturated/α-hetero) is 1. The quantitative estimate of drug-likeness (QED) is 0.745. The first-order valence-electron chi connectivity index (χ1n) is 4.99. The summed E-state index contributed by atoms with van der Waals surface area (Å²) in [4.78, 5) is 22.4. The third-order valence-corrected chi connectivity index (χ3v) is 2.33. The van der Waals surface area contributed by atoms with Gasteiger partial charge in [-0.15, -0.1) is 0 Å².